The smallest absolute Gasteiger partial charge is 0.417 e. The fraction of sp³-hybridized carbons (Fsp3) is 0.200. The molecule has 0 radical (unpaired) electrons. The Morgan fingerprint density at radius 1 is 1.14 bits per heavy atom. The number of methoxy groups -OCH3 is 1. The maximum atomic E-state index is 12.9. The number of hydrogen-bond acceptors (Lipinski definition) is 5. The standard InChI is InChI=1S/C20H18ClF3N4O/c1-29-18-5-3-2-4-13(18)16(25)10-26-19-9-17(27-11-28-19)12-6-7-14(15(21)8-12)20(22,23)24/h2-9,11,16H,10,25H2,1H3,(H,26,27,28)/t16-/m0/s1. The van der Waals surface area contributed by atoms with Crippen molar-refractivity contribution in [3.8, 4) is 17.0 Å². The first-order valence-electron chi connectivity index (χ1n) is 8.61. The lowest BCUT2D eigenvalue weighted by Gasteiger charge is -2.16. The van der Waals surface area contributed by atoms with Crippen molar-refractivity contribution in [2.24, 2.45) is 5.73 Å². The molecular weight excluding hydrogens is 405 g/mol. The minimum atomic E-state index is -4.51. The number of ether oxygens (including phenoxy) is 1. The Bertz CT molecular complexity index is 997. The number of nitrogens with zero attached hydrogens (tertiary/aromatic N) is 2. The molecule has 0 fully saturated rings. The number of nitrogens with two attached hydrogens (primary N) is 1. The van der Waals surface area contributed by atoms with E-state index < -0.39 is 11.7 Å². The van der Waals surface area contributed by atoms with Gasteiger partial charge in [0.15, 0.2) is 0 Å². The number of hydrogen-bond donors (Lipinski definition) is 2. The summed E-state index contributed by atoms with van der Waals surface area (Å²) < 4.78 is 43.9. The van der Waals surface area contributed by atoms with E-state index in [9.17, 15) is 13.2 Å². The molecule has 5 nitrogen and oxygen atoms in total. The first-order valence-corrected chi connectivity index (χ1v) is 8.99. The fourth-order valence-electron chi connectivity index (χ4n) is 2.81. The topological polar surface area (TPSA) is 73.1 Å². The highest BCUT2D eigenvalue weighted by atomic mass is 35.5. The molecule has 0 aliphatic carbocycles. The lowest BCUT2D eigenvalue weighted by atomic mass is 10.1. The fourth-order valence-corrected chi connectivity index (χ4v) is 3.10. The molecule has 0 saturated heterocycles. The molecule has 0 bridgehead atoms. The number of alkyl halides is 3. The van der Waals surface area contributed by atoms with Gasteiger partial charge in [-0.05, 0) is 18.2 Å². The van der Waals surface area contributed by atoms with Gasteiger partial charge in [0.25, 0.3) is 0 Å². The molecule has 0 unspecified atom stereocenters. The molecule has 29 heavy (non-hydrogen) atoms. The van der Waals surface area contributed by atoms with Gasteiger partial charge in [-0.25, -0.2) is 9.97 Å². The SMILES string of the molecule is COc1ccccc1[C@@H](N)CNc1cc(-c2ccc(C(F)(F)F)c(Cl)c2)ncn1. The van der Waals surface area contributed by atoms with Gasteiger partial charge in [0.1, 0.15) is 17.9 Å². The zero-order valence-corrected chi connectivity index (χ0v) is 16.1. The van der Waals surface area contributed by atoms with Gasteiger partial charge < -0.3 is 15.8 Å². The van der Waals surface area contributed by atoms with Crippen LogP contribution in [0.15, 0.2) is 54.9 Å². The average molecular weight is 423 g/mol. The molecule has 0 aliphatic rings. The van der Waals surface area contributed by atoms with E-state index >= 15 is 0 Å². The number of benzene rings is 2. The highest BCUT2D eigenvalue weighted by molar-refractivity contribution is 6.31. The molecule has 1 heterocycles. The minimum absolute atomic E-state index is 0.356. The van der Waals surface area contributed by atoms with Crippen LogP contribution in [0.2, 0.25) is 5.02 Å². The van der Waals surface area contributed by atoms with E-state index in [4.69, 9.17) is 22.1 Å². The Balaban J connectivity index is 1.76. The molecule has 9 heteroatoms. The second-order valence-electron chi connectivity index (χ2n) is 6.21. The number of aromatic nitrogens is 2. The summed E-state index contributed by atoms with van der Waals surface area (Å²) in [6, 6.07) is 12.2. The first kappa shape index (κ1) is 20.9. The van der Waals surface area contributed by atoms with Crippen LogP contribution in [0.4, 0.5) is 19.0 Å². The summed E-state index contributed by atoms with van der Waals surface area (Å²) in [6.07, 6.45) is -3.19. The minimum Gasteiger partial charge on any atom is -0.496 e. The second kappa shape index (κ2) is 8.67. The van der Waals surface area contributed by atoms with Crippen molar-refractivity contribution >= 4 is 17.4 Å². The summed E-state index contributed by atoms with van der Waals surface area (Å²) in [6.45, 7) is 0.366. The predicted molar refractivity (Wildman–Crippen MR) is 106 cm³/mol. The monoisotopic (exact) mass is 422 g/mol. The number of nitrogens with one attached hydrogen (secondary N) is 1. The second-order valence-corrected chi connectivity index (χ2v) is 6.62. The van der Waals surface area contributed by atoms with Crippen molar-refractivity contribution < 1.29 is 17.9 Å². The van der Waals surface area contributed by atoms with Gasteiger partial charge in [-0.2, -0.15) is 13.2 Å². The van der Waals surface area contributed by atoms with Crippen LogP contribution in [0.25, 0.3) is 11.3 Å². The maximum Gasteiger partial charge on any atom is 0.417 e. The van der Waals surface area contributed by atoms with Crippen LogP contribution in [0.1, 0.15) is 17.2 Å². The third-order valence-corrected chi connectivity index (χ3v) is 4.59. The number of para-hydroxylation sites is 1. The third-order valence-electron chi connectivity index (χ3n) is 4.28. The zero-order chi connectivity index (χ0) is 21.0. The quantitative estimate of drug-likeness (QED) is 0.589. The molecular formula is C20H18ClF3N4O. The average Bonchev–Trinajstić information content (AvgIpc) is 2.71. The van der Waals surface area contributed by atoms with Crippen LogP contribution in [-0.4, -0.2) is 23.6 Å². The van der Waals surface area contributed by atoms with E-state index in [1.165, 1.54) is 18.5 Å². The molecule has 3 rings (SSSR count). The van der Waals surface area contributed by atoms with E-state index in [0.717, 1.165) is 11.6 Å². The van der Waals surface area contributed by atoms with Crippen molar-refractivity contribution in [3.05, 3.63) is 71.0 Å². The summed E-state index contributed by atoms with van der Waals surface area (Å²) in [5.74, 6) is 1.17. The van der Waals surface area contributed by atoms with Crippen molar-refractivity contribution in [2.45, 2.75) is 12.2 Å². The summed E-state index contributed by atoms with van der Waals surface area (Å²) in [7, 11) is 1.57. The van der Waals surface area contributed by atoms with Crippen LogP contribution in [0.5, 0.6) is 5.75 Å². The van der Waals surface area contributed by atoms with Gasteiger partial charge in [-0.15, -0.1) is 0 Å². The van der Waals surface area contributed by atoms with Gasteiger partial charge in [-0.1, -0.05) is 35.9 Å². The Labute approximate surface area is 170 Å². The van der Waals surface area contributed by atoms with Crippen molar-refractivity contribution in [1.29, 1.82) is 0 Å². The van der Waals surface area contributed by atoms with Crippen LogP contribution in [0, 0.1) is 0 Å². The number of anilines is 1. The molecule has 0 aliphatic heterocycles. The number of halogens is 4. The zero-order valence-electron chi connectivity index (χ0n) is 15.4. The summed E-state index contributed by atoms with van der Waals surface area (Å²) >= 11 is 5.80. The molecule has 0 amide bonds. The summed E-state index contributed by atoms with van der Waals surface area (Å²) in [4.78, 5) is 8.24. The molecule has 152 valence electrons. The Kier molecular flexibility index (Phi) is 6.24. The van der Waals surface area contributed by atoms with Crippen molar-refractivity contribution in [2.75, 3.05) is 19.0 Å². The molecule has 2 aromatic carbocycles. The van der Waals surface area contributed by atoms with Gasteiger partial charge in [0, 0.05) is 23.7 Å². The molecule has 0 saturated carbocycles. The number of rotatable bonds is 6. The first-order chi connectivity index (χ1) is 13.8. The largest absolute Gasteiger partial charge is 0.496 e. The van der Waals surface area contributed by atoms with Crippen LogP contribution in [0.3, 0.4) is 0 Å². The van der Waals surface area contributed by atoms with E-state index in [2.05, 4.69) is 15.3 Å². The summed E-state index contributed by atoms with van der Waals surface area (Å²) in [5.41, 5.74) is 7.07. The highest BCUT2D eigenvalue weighted by Gasteiger charge is 2.33. The summed E-state index contributed by atoms with van der Waals surface area (Å²) in [5, 5.41) is 2.72. The Hall–Kier alpha value is -2.84. The lowest BCUT2D eigenvalue weighted by molar-refractivity contribution is -0.137. The van der Waals surface area contributed by atoms with Crippen molar-refractivity contribution in [1.82, 2.24) is 9.97 Å². The Morgan fingerprint density at radius 2 is 1.90 bits per heavy atom. The molecule has 3 aromatic rings. The maximum absolute atomic E-state index is 12.9. The van der Waals surface area contributed by atoms with Gasteiger partial charge in [-0.3, -0.25) is 0 Å². The van der Waals surface area contributed by atoms with Gasteiger partial charge in [0.2, 0.25) is 0 Å². The molecule has 1 atom stereocenters. The van der Waals surface area contributed by atoms with E-state index in [-0.39, 0.29) is 11.1 Å². The van der Waals surface area contributed by atoms with E-state index in [1.54, 1.807) is 13.2 Å². The molecule has 0 spiro atoms. The normalized spacial score (nSPS) is 12.5. The Morgan fingerprint density at radius 3 is 2.59 bits per heavy atom. The van der Waals surface area contributed by atoms with Crippen LogP contribution in [-0.2, 0) is 6.18 Å². The highest BCUT2D eigenvalue weighted by Crippen LogP contribution is 2.36. The third kappa shape index (κ3) is 4.96. The molecule has 3 N–H and O–H groups in total. The van der Waals surface area contributed by atoms with Crippen LogP contribution < -0.4 is 15.8 Å². The van der Waals surface area contributed by atoms with Crippen molar-refractivity contribution in [3.63, 3.8) is 0 Å². The molecule has 1 aromatic heterocycles. The van der Waals surface area contributed by atoms with Crippen LogP contribution >= 0.6 is 11.6 Å². The van der Waals surface area contributed by atoms with Gasteiger partial charge >= 0.3 is 6.18 Å². The van der Waals surface area contributed by atoms with E-state index in [0.29, 0.717) is 29.4 Å². The van der Waals surface area contributed by atoms with Gasteiger partial charge in [0.05, 0.1) is 29.4 Å². The predicted octanol–water partition coefficient (Wildman–Crippen LogP) is 4.94. The lowest BCUT2D eigenvalue weighted by Crippen LogP contribution is -2.21. The van der Waals surface area contributed by atoms with E-state index in [1.807, 2.05) is 24.3 Å².